The summed E-state index contributed by atoms with van der Waals surface area (Å²) < 4.78 is 11.2. The third-order valence-corrected chi connectivity index (χ3v) is 4.09. The van der Waals surface area contributed by atoms with Crippen LogP contribution in [0.25, 0.3) is 0 Å². The lowest BCUT2D eigenvalue weighted by atomic mass is 10.1. The van der Waals surface area contributed by atoms with Crippen molar-refractivity contribution in [1.82, 2.24) is 0 Å². The van der Waals surface area contributed by atoms with Crippen LogP contribution in [0.4, 0.5) is 11.4 Å². The lowest BCUT2D eigenvalue weighted by Gasteiger charge is -2.35. The number of nitrogens with one attached hydrogen (secondary N) is 1. The van der Waals surface area contributed by atoms with E-state index < -0.39 is 0 Å². The van der Waals surface area contributed by atoms with Crippen LogP contribution in [0.2, 0.25) is 0 Å². The van der Waals surface area contributed by atoms with Crippen molar-refractivity contribution in [3.63, 3.8) is 0 Å². The van der Waals surface area contributed by atoms with Crippen LogP contribution in [-0.4, -0.2) is 32.2 Å². The van der Waals surface area contributed by atoms with E-state index in [1.165, 1.54) is 0 Å². The molecule has 0 saturated carbocycles. The van der Waals surface area contributed by atoms with Gasteiger partial charge in [0.2, 0.25) is 5.91 Å². The molecule has 5 heteroatoms. The Labute approximate surface area is 142 Å². The van der Waals surface area contributed by atoms with Gasteiger partial charge in [0, 0.05) is 0 Å². The highest BCUT2D eigenvalue weighted by Crippen LogP contribution is 2.33. The van der Waals surface area contributed by atoms with Gasteiger partial charge in [-0.2, -0.15) is 0 Å². The lowest BCUT2D eigenvalue weighted by Crippen LogP contribution is -2.43. The predicted octanol–water partition coefficient (Wildman–Crippen LogP) is 3.31. The Balaban J connectivity index is 1.74. The van der Waals surface area contributed by atoms with E-state index in [4.69, 9.17) is 9.47 Å². The molecule has 5 nitrogen and oxygen atoms in total. The maximum absolute atomic E-state index is 12.5. The van der Waals surface area contributed by atoms with Gasteiger partial charge in [0.1, 0.15) is 17.6 Å². The van der Waals surface area contributed by atoms with Gasteiger partial charge in [-0.3, -0.25) is 4.79 Å². The molecule has 2 aromatic rings. The number of methoxy groups -OCH3 is 1. The number of para-hydroxylation sites is 4. The summed E-state index contributed by atoms with van der Waals surface area (Å²) in [7, 11) is 1.59. The zero-order chi connectivity index (χ0) is 16.9. The molecule has 2 aromatic carbocycles. The van der Waals surface area contributed by atoms with Crippen LogP contribution in [0, 0.1) is 0 Å². The Kier molecular flexibility index (Phi) is 4.89. The number of rotatable bonds is 5. The van der Waals surface area contributed by atoms with Crippen molar-refractivity contribution in [2.45, 2.75) is 19.4 Å². The first-order valence-corrected chi connectivity index (χ1v) is 8.14. The minimum absolute atomic E-state index is 0.0777. The molecular weight excluding hydrogens is 304 g/mol. The van der Waals surface area contributed by atoms with Crippen LogP contribution in [0.5, 0.6) is 11.5 Å². The molecule has 1 amide bonds. The molecule has 0 aromatic heterocycles. The molecule has 1 atom stereocenters. The van der Waals surface area contributed by atoms with Crippen molar-refractivity contribution < 1.29 is 14.3 Å². The van der Waals surface area contributed by atoms with E-state index in [9.17, 15) is 4.79 Å². The molecule has 0 fully saturated rings. The van der Waals surface area contributed by atoms with E-state index in [2.05, 4.69) is 17.1 Å². The highest BCUT2D eigenvalue weighted by Gasteiger charge is 2.25. The van der Waals surface area contributed by atoms with Gasteiger partial charge in [0.15, 0.2) is 0 Å². The van der Waals surface area contributed by atoms with Crippen LogP contribution in [-0.2, 0) is 4.79 Å². The largest absolute Gasteiger partial charge is 0.495 e. The molecule has 0 spiro atoms. The highest BCUT2D eigenvalue weighted by atomic mass is 16.5. The van der Waals surface area contributed by atoms with E-state index in [1.54, 1.807) is 7.11 Å². The smallest absolute Gasteiger partial charge is 0.243 e. The Morgan fingerprint density at radius 2 is 2.00 bits per heavy atom. The fraction of sp³-hybridized carbons (Fsp3) is 0.316. The van der Waals surface area contributed by atoms with Gasteiger partial charge in [-0.05, 0) is 30.7 Å². The first-order chi connectivity index (χ1) is 11.7. The van der Waals surface area contributed by atoms with Crippen LogP contribution in [0.3, 0.4) is 0 Å². The number of fused-ring (bicyclic) bond motifs is 1. The van der Waals surface area contributed by atoms with Crippen molar-refractivity contribution in [2.24, 2.45) is 0 Å². The fourth-order valence-corrected chi connectivity index (χ4v) is 2.85. The Bertz CT molecular complexity index is 717. The van der Waals surface area contributed by atoms with Gasteiger partial charge in [0.05, 0.1) is 31.6 Å². The molecule has 126 valence electrons. The van der Waals surface area contributed by atoms with Crippen molar-refractivity contribution in [1.29, 1.82) is 0 Å². The quantitative estimate of drug-likeness (QED) is 0.916. The van der Waals surface area contributed by atoms with E-state index in [0.717, 1.165) is 17.9 Å². The molecule has 1 unspecified atom stereocenters. The number of anilines is 2. The first kappa shape index (κ1) is 16.2. The number of amides is 1. The summed E-state index contributed by atoms with van der Waals surface area (Å²) in [6.07, 6.45) is 0.998. The number of hydrogen-bond acceptors (Lipinski definition) is 4. The standard InChI is InChI=1S/C19H22N2O3/c1-3-14-12-21(16-9-5-7-11-18(16)24-14)13-19(22)20-15-8-4-6-10-17(15)23-2/h4-11,14H,3,12-13H2,1-2H3,(H,20,22). The van der Waals surface area contributed by atoms with E-state index in [0.29, 0.717) is 18.0 Å². The molecule has 3 rings (SSSR count). The molecular formula is C19H22N2O3. The van der Waals surface area contributed by atoms with Crippen molar-refractivity contribution in [2.75, 3.05) is 30.4 Å². The van der Waals surface area contributed by atoms with Gasteiger partial charge in [0.25, 0.3) is 0 Å². The molecule has 0 radical (unpaired) electrons. The minimum Gasteiger partial charge on any atom is -0.495 e. The SMILES string of the molecule is CCC1CN(CC(=O)Nc2ccccc2OC)c2ccccc2O1. The van der Waals surface area contributed by atoms with Crippen LogP contribution in [0.15, 0.2) is 48.5 Å². The van der Waals surface area contributed by atoms with Gasteiger partial charge >= 0.3 is 0 Å². The van der Waals surface area contributed by atoms with Crippen LogP contribution in [0.1, 0.15) is 13.3 Å². The number of carbonyl (C=O) groups excluding carboxylic acids is 1. The number of carbonyl (C=O) groups is 1. The summed E-state index contributed by atoms with van der Waals surface area (Å²) in [5.41, 5.74) is 1.64. The number of nitrogens with zero attached hydrogens (tertiary/aromatic N) is 1. The molecule has 0 saturated heterocycles. The molecule has 1 aliphatic rings. The molecule has 1 heterocycles. The second kappa shape index (κ2) is 7.25. The second-order valence-corrected chi connectivity index (χ2v) is 5.74. The maximum Gasteiger partial charge on any atom is 0.243 e. The average molecular weight is 326 g/mol. The van der Waals surface area contributed by atoms with E-state index in [-0.39, 0.29) is 18.6 Å². The van der Waals surface area contributed by atoms with Crippen molar-refractivity contribution in [3.8, 4) is 11.5 Å². The third-order valence-electron chi connectivity index (χ3n) is 4.09. The lowest BCUT2D eigenvalue weighted by molar-refractivity contribution is -0.115. The van der Waals surface area contributed by atoms with E-state index in [1.807, 2.05) is 48.5 Å². The maximum atomic E-state index is 12.5. The van der Waals surface area contributed by atoms with Gasteiger partial charge < -0.3 is 19.7 Å². The van der Waals surface area contributed by atoms with Crippen LogP contribution < -0.4 is 19.7 Å². The summed E-state index contributed by atoms with van der Waals surface area (Å²) in [4.78, 5) is 14.6. The summed E-state index contributed by atoms with van der Waals surface area (Å²) in [5.74, 6) is 1.41. The molecule has 1 N–H and O–H groups in total. The van der Waals surface area contributed by atoms with Crippen molar-refractivity contribution in [3.05, 3.63) is 48.5 Å². The summed E-state index contributed by atoms with van der Waals surface area (Å²) in [6, 6.07) is 15.2. The average Bonchev–Trinajstić information content (AvgIpc) is 2.62. The van der Waals surface area contributed by atoms with Crippen LogP contribution >= 0.6 is 0 Å². The topological polar surface area (TPSA) is 50.8 Å². The minimum atomic E-state index is -0.0777. The summed E-state index contributed by atoms with van der Waals surface area (Å²) in [6.45, 7) is 3.06. The highest BCUT2D eigenvalue weighted by molar-refractivity contribution is 5.95. The van der Waals surface area contributed by atoms with Gasteiger partial charge in [-0.15, -0.1) is 0 Å². The Hall–Kier alpha value is -2.69. The molecule has 24 heavy (non-hydrogen) atoms. The predicted molar refractivity (Wildman–Crippen MR) is 95.0 cm³/mol. The molecule has 0 bridgehead atoms. The normalized spacial score (nSPS) is 16.1. The summed E-state index contributed by atoms with van der Waals surface area (Å²) in [5, 5.41) is 2.93. The summed E-state index contributed by atoms with van der Waals surface area (Å²) >= 11 is 0. The molecule has 0 aliphatic carbocycles. The first-order valence-electron chi connectivity index (χ1n) is 8.14. The zero-order valence-electron chi connectivity index (χ0n) is 14.0. The fourth-order valence-electron chi connectivity index (χ4n) is 2.85. The number of ether oxygens (including phenoxy) is 2. The number of benzene rings is 2. The Morgan fingerprint density at radius 3 is 2.79 bits per heavy atom. The van der Waals surface area contributed by atoms with Gasteiger partial charge in [-0.25, -0.2) is 0 Å². The third kappa shape index (κ3) is 3.45. The van der Waals surface area contributed by atoms with Crippen molar-refractivity contribution >= 4 is 17.3 Å². The Morgan fingerprint density at radius 1 is 1.25 bits per heavy atom. The number of hydrogen-bond donors (Lipinski definition) is 1. The van der Waals surface area contributed by atoms with E-state index >= 15 is 0 Å². The monoisotopic (exact) mass is 326 g/mol. The van der Waals surface area contributed by atoms with Gasteiger partial charge in [-0.1, -0.05) is 31.2 Å². The molecule has 1 aliphatic heterocycles. The zero-order valence-corrected chi connectivity index (χ0v) is 14.0. The second-order valence-electron chi connectivity index (χ2n) is 5.74.